The van der Waals surface area contributed by atoms with Crippen LogP contribution in [0.1, 0.15) is 106 Å². The lowest BCUT2D eigenvalue weighted by Crippen LogP contribution is -2.76. The first-order valence-corrected chi connectivity index (χ1v) is 18.6. The molecule has 2 aromatic carbocycles. The minimum Gasteiger partial charge on any atom is -0.469 e. The van der Waals surface area contributed by atoms with Gasteiger partial charge in [0.2, 0.25) is 0 Å². The van der Waals surface area contributed by atoms with Crippen molar-refractivity contribution in [2.24, 2.45) is 16.7 Å². The van der Waals surface area contributed by atoms with E-state index in [1.165, 1.54) is 98.7 Å². The third-order valence-corrected chi connectivity index (χ3v) is 15.7. The first kappa shape index (κ1) is 27.2. The molecule has 2 bridgehead atoms. The van der Waals surface area contributed by atoms with E-state index in [-0.39, 0.29) is 28.3 Å². The van der Waals surface area contributed by atoms with Crippen molar-refractivity contribution in [2.45, 2.75) is 107 Å². The number of ether oxygens (including phenoxy) is 1. The van der Waals surface area contributed by atoms with E-state index in [9.17, 15) is 4.79 Å². The topological polar surface area (TPSA) is 49.7 Å². The fraction of sp³-hybridized carbons (Fsp3) is 0.625. The van der Waals surface area contributed by atoms with E-state index in [2.05, 4.69) is 69.1 Å². The molecule has 1 aromatic heterocycles. The third-order valence-electron chi connectivity index (χ3n) is 15.7. The Morgan fingerprint density at radius 1 is 0.957 bits per heavy atom. The standard InChI is InChI=1S/C40H48N4O2/c1-3-37-13-6-18-42-20-12-27-26-8-4-5-9-31(26)44(33(27)34(37)42)32(24-37)25-10-11-30-28(22-25)39-17-21-43-19-7-14-38(36(39)43)15-16-40(39,41-30)29(23-38)35(45)46-2/h4-5,8-11,22,29,32,34,36,41H,3,6-7,12-21,23-24H2,1-2H3. The van der Waals surface area contributed by atoms with Crippen LogP contribution < -0.4 is 5.32 Å². The van der Waals surface area contributed by atoms with Crippen LogP contribution in [0.25, 0.3) is 10.9 Å². The largest absolute Gasteiger partial charge is 0.469 e. The number of piperidine rings is 2. The zero-order chi connectivity index (χ0) is 30.6. The fourth-order valence-electron chi connectivity index (χ4n) is 14.3. The van der Waals surface area contributed by atoms with Crippen LogP contribution in [0.4, 0.5) is 5.69 Å². The number of nitrogens with zero attached hydrogens (tertiary/aromatic N) is 3. The van der Waals surface area contributed by atoms with Gasteiger partial charge >= 0.3 is 5.97 Å². The highest BCUT2D eigenvalue weighted by atomic mass is 16.5. The molecular formula is C40H48N4O2. The fourth-order valence-corrected chi connectivity index (χ4v) is 14.3. The van der Waals surface area contributed by atoms with Gasteiger partial charge in [0.25, 0.3) is 0 Å². The second-order valence-corrected chi connectivity index (χ2v) is 16.8. The van der Waals surface area contributed by atoms with Crippen LogP contribution in [0, 0.1) is 16.7 Å². The summed E-state index contributed by atoms with van der Waals surface area (Å²) >= 11 is 0. The summed E-state index contributed by atoms with van der Waals surface area (Å²) in [4.78, 5) is 19.4. The summed E-state index contributed by atoms with van der Waals surface area (Å²) in [5, 5.41) is 5.66. The molecule has 3 aromatic rings. The first-order valence-electron chi connectivity index (χ1n) is 18.6. The summed E-state index contributed by atoms with van der Waals surface area (Å²) in [6, 6.07) is 18.3. The van der Waals surface area contributed by atoms with E-state index in [1.54, 1.807) is 18.4 Å². The number of fused-ring (bicyclic) bond motifs is 6. The summed E-state index contributed by atoms with van der Waals surface area (Å²) in [6.07, 6.45) is 13.2. The quantitative estimate of drug-likeness (QED) is 0.322. The van der Waals surface area contributed by atoms with Crippen molar-refractivity contribution in [1.29, 1.82) is 0 Å². The van der Waals surface area contributed by atoms with Crippen molar-refractivity contribution < 1.29 is 9.53 Å². The molecule has 3 saturated carbocycles. The Kier molecular flexibility index (Phi) is 5.19. The van der Waals surface area contributed by atoms with E-state index in [0.29, 0.717) is 23.5 Å². The molecule has 8 unspecified atom stereocenters. The van der Waals surface area contributed by atoms with Gasteiger partial charge in [-0.1, -0.05) is 37.3 Å². The number of para-hydroxylation sites is 1. The van der Waals surface area contributed by atoms with Gasteiger partial charge in [0.15, 0.2) is 0 Å². The van der Waals surface area contributed by atoms with Crippen molar-refractivity contribution in [3.05, 3.63) is 64.8 Å². The number of hydrogen-bond acceptors (Lipinski definition) is 5. The van der Waals surface area contributed by atoms with Crippen LogP contribution in [0.15, 0.2) is 42.5 Å². The maximum atomic E-state index is 13.7. The summed E-state index contributed by atoms with van der Waals surface area (Å²) in [5.74, 6) is -0.0687. The number of methoxy groups -OCH3 is 1. The number of anilines is 1. The highest BCUT2D eigenvalue weighted by Gasteiger charge is 2.79. The maximum Gasteiger partial charge on any atom is 0.311 e. The molecule has 46 heavy (non-hydrogen) atoms. The van der Waals surface area contributed by atoms with Crippen LogP contribution in [-0.2, 0) is 21.4 Å². The van der Waals surface area contributed by atoms with E-state index in [0.717, 1.165) is 25.8 Å². The molecule has 8 atom stereocenters. The SMILES string of the molecule is CCC12CCCN3CCc4c(n(c5ccccc45)C(c4ccc5c(c4)C46CCN7CCCC8(CCC4(N5)C(C(=O)OC)C8)C76)C1)C32. The van der Waals surface area contributed by atoms with Gasteiger partial charge in [0, 0.05) is 40.3 Å². The monoisotopic (exact) mass is 616 g/mol. The molecule has 3 spiro atoms. The Morgan fingerprint density at radius 3 is 2.72 bits per heavy atom. The maximum absolute atomic E-state index is 13.7. The highest BCUT2D eigenvalue weighted by molar-refractivity contribution is 5.87. The lowest BCUT2D eigenvalue weighted by atomic mass is 9.39. The smallest absolute Gasteiger partial charge is 0.311 e. The Hall–Kier alpha value is -2.83. The van der Waals surface area contributed by atoms with Crippen LogP contribution in [0.2, 0.25) is 0 Å². The molecule has 6 heteroatoms. The molecule has 12 rings (SSSR count). The normalized spacial score (nSPS) is 41.4. The Bertz CT molecular complexity index is 1830. The number of nitrogens with one attached hydrogen (secondary N) is 1. The van der Waals surface area contributed by atoms with E-state index in [4.69, 9.17) is 4.74 Å². The van der Waals surface area contributed by atoms with E-state index in [1.807, 2.05) is 0 Å². The molecule has 1 N–H and O–H groups in total. The molecule has 7 heterocycles. The van der Waals surface area contributed by atoms with Gasteiger partial charge in [-0.15, -0.1) is 0 Å². The van der Waals surface area contributed by atoms with Gasteiger partial charge in [-0.25, -0.2) is 0 Å². The molecule has 3 saturated heterocycles. The minimum atomic E-state index is -0.245. The zero-order valence-corrected chi connectivity index (χ0v) is 27.6. The van der Waals surface area contributed by atoms with Gasteiger partial charge < -0.3 is 14.6 Å². The Labute approximate surface area is 272 Å². The number of carbonyl (C=O) groups excluding carboxylic acids is 1. The van der Waals surface area contributed by atoms with Gasteiger partial charge in [0.05, 0.1) is 30.7 Å². The van der Waals surface area contributed by atoms with E-state index >= 15 is 0 Å². The summed E-state index contributed by atoms with van der Waals surface area (Å²) < 4.78 is 8.44. The number of carbonyl (C=O) groups is 1. The predicted octanol–water partition coefficient (Wildman–Crippen LogP) is 6.97. The Morgan fingerprint density at radius 2 is 1.83 bits per heavy atom. The van der Waals surface area contributed by atoms with Gasteiger partial charge in [-0.05, 0) is 130 Å². The van der Waals surface area contributed by atoms with Gasteiger partial charge in [-0.2, -0.15) is 0 Å². The molecule has 0 radical (unpaired) electrons. The molecule has 6 fully saturated rings. The molecule has 0 amide bonds. The van der Waals surface area contributed by atoms with Crippen molar-refractivity contribution in [3.63, 3.8) is 0 Å². The lowest BCUT2D eigenvalue weighted by Gasteiger charge is -2.69. The number of hydrogen-bond donors (Lipinski definition) is 1. The number of esters is 1. The van der Waals surface area contributed by atoms with Gasteiger partial charge in [-0.3, -0.25) is 14.6 Å². The molecule has 240 valence electrons. The van der Waals surface area contributed by atoms with Crippen molar-refractivity contribution in [1.82, 2.24) is 14.4 Å². The molecule has 3 aliphatic carbocycles. The lowest BCUT2D eigenvalue weighted by molar-refractivity contribution is -0.171. The molecular weight excluding hydrogens is 568 g/mol. The summed E-state index contributed by atoms with van der Waals surface area (Å²) in [7, 11) is 1.61. The third kappa shape index (κ3) is 2.87. The van der Waals surface area contributed by atoms with Crippen LogP contribution in [0.3, 0.4) is 0 Å². The van der Waals surface area contributed by atoms with Crippen LogP contribution in [-0.4, -0.2) is 65.2 Å². The van der Waals surface area contributed by atoms with Gasteiger partial charge in [0.1, 0.15) is 0 Å². The number of benzene rings is 2. The number of aromatic nitrogens is 1. The van der Waals surface area contributed by atoms with Crippen molar-refractivity contribution >= 4 is 22.6 Å². The molecule has 6 nitrogen and oxygen atoms in total. The van der Waals surface area contributed by atoms with Crippen LogP contribution >= 0.6 is 0 Å². The first-order chi connectivity index (χ1) is 22.5. The summed E-state index contributed by atoms with van der Waals surface area (Å²) in [5.41, 5.74) is 9.27. The highest BCUT2D eigenvalue weighted by Crippen LogP contribution is 2.74. The Balaban J connectivity index is 1.13. The second kappa shape index (κ2) is 8.79. The summed E-state index contributed by atoms with van der Waals surface area (Å²) in [6.45, 7) is 7.29. The van der Waals surface area contributed by atoms with E-state index < -0.39 is 0 Å². The number of rotatable bonds is 3. The average molecular weight is 617 g/mol. The van der Waals surface area contributed by atoms with Crippen molar-refractivity contribution in [2.75, 3.05) is 38.6 Å². The van der Waals surface area contributed by atoms with Crippen LogP contribution in [0.5, 0.6) is 0 Å². The minimum absolute atomic E-state index is 0.0111. The second-order valence-electron chi connectivity index (χ2n) is 16.8. The predicted molar refractivity (Wildman–Crippen MR) is 180 cm³/mol. The zero-order valence-electron chi connectivity index (χ0n) is 27.6. The average Bonchev–Trinajstić information content (AvgIpc) is 3.76. The molecule has 6 aliphatic heterocycles. The molecule has 9 aliphatic rings. The van der Waals surface area contributed by atoms with Crippen molar-refractivity contribution in [3.8, 4) is 0 Å².